The highest BCUT2D eigenvalue weighted by atomic mass is 32.2. The topological polar surface area (TPSA) is 139 Å². The minimum Gasteiger partial charge on any atom is -0.336 e. The number of amides is 3. The molecule has 1 fully saturated rings. The van der Waals surface area contributed by atoms with Crippen molar-refractivity contribution in [3.05, 3.63) is 63.2 Å². The molecule has 11 heteroatoms. The largest absolute Gasteiger partial charge is 0.336 e. The van der Waals surface area contributed by atoms with E-state index >= 15 is 0 Å². The monoisotopic (exact) mass is 418 g/mol. The third-order valence-corrected chi connectivity index (χ3v) is 5.98. The number of anilines is 1. The molecule has 10 nitrogen and oxygen atoms in total. The molecule has 0 saturated carbocycles. The molecule has 1 saturated heterocycles. The lowest BCUT2D eigenvalue weighted by molar-refractivity contribution is -0.385. The SMILES string of the molecule is Cc1cc(C(=O)NS(=O)(=O)c2cc([N+](=O)[O-])ccc2C)ccc1N1CCNC1=O. The van der Waals surface area contributed by atoms with Crippen LogP contribution in [0.15, 0.2) is 41.3 Å². The summed E-state index contributed by atoms with van der Waals surface area (Å²) < 4.78 is 27.1. The van der Waals surface area contributed by atoms with Crippen LogP contribution >= 0.6 is 0 Å². The van der Waals surface area contributed by atoms with Crippen molar-refractivity contribution in [1.82, 2.24) is 10.0 Å². The molecule has 152 valence electrons. The smallest absolute Gasteiger partial charge is 0.322 e. The van der Waals surface area contributed by atoms with E-state index in [1.165, 1.54) is 36.1 Å². The third kappa shape index (κ3) is 4.04. The van der Waals surface area contributed by atoms with Gasteiger partial charge in [0, 0.05) is 36.5 Å². The summed E-state index contributed by atoms with van der Waals surface area (Å²) in [7, 11) is -4.32. The van der Waals surface area contributed by atoms with Crippen LogP contribution in [0.4, 0.5) is 16.2 Å². The van der Waals surface area contributed by atoms with E-state index in [1.807, 2.05) is 4.72 Å². The molecule has 3 amide bonds. The second kappa shape index (κ2) is 7.51. The third-order valence-electron chi connectivity index (χ3n) is 4.51. The number of carbonyl (C=O) groups is 2. The standard InChI is InChI=1S/C18H18N4O6S/c1-11-3-5-14(22(25)26)10-16(11)29(27,28)20-17(23)13-4-6-15(12(2)9-13)21-8-7-19-18(21)24/h3-6,9-10H,7-8H2,1-2H3,(H,19,24)(H,20,23). The average molecular weight is 418 g/mol. The lowest BCUT2D eigenvalue weighted by Crippen LogP contribution is -2.31. The number of non-ortho nitro benzene ring substituents is 1. The van der Waals surface area contributed by atoms with Gasteiger partial charge in [0.1, 0.15) is 0 Å². The number of hydrogen-bond acceptors (Lipinski definition) is 6. The highest BCUT2D eigenvalue weighted by Crippen LogP contribution is 2.24. The van der Waals surface area contributed by atoms with Crippen LogP contribution in [0.25, 0.3) is 0 Å². The van der Waals surface area contributed by atoms with E-state index in [0.717, 1.165) is 6.07 Å². The Bertz CT molecular complexity index is 1130. The number of nitro benzene ring substituents is 1. The minimum absolute atomic E-state index is 0.0810. The zero-order valence-electron chi connectivity index (χ0n) is 15.6. The summed E-state index contributed by atoms with van der Waals surface area (Å²) in [6.45, 7) is 4.19. The molecule has 0 spiro atoms. The first-order valence-electron chi connectivity index (χ1n) is 8.58. The number of benzene rings is 2. The number of carbonyl (C=O) groups excluding carboxylic acids is 2. The highest BCUT2D eigenvalue weighted by molar-refractivity contribution is 7.90. The van der Waals surface area contributed by atoms with Crippen LogP contribution in [0.5, 0.6) is 0 Å². The number of hydrogen-bond donors (Lipinski definition) is 2. The maximum atomic E-state index is 12.6. The first kappa shape index (κ1) is 20.3. The Morgan fingerprint density at radius 1 is 1.17 bits per heavy atom. The number of nitrogens with one attached hydrogen (secondary N) is 2. The van der Waals surface area contributed by atoms with Crippen molar-refractivity contribution in [2.24, 2.45) is 0 Å². The lowest BCUT2D eigenvalue weighted by Gasteiger charge is -2.17. The zero-order valence-corrected chi connectivity index (χ0v) is 16.4. The molecule has 29 heavy (non-hydrogen) atoms. The number of aryl methyl sites for hydroxylation is 2. The van der Waals surface area contributed by atoms with Crippen molar-refractivity contribution in [3.8, 4) is 0 Å². The Balaban J connectivity index is 1.86. The Labute approximate surface area is 166 Å². The van der Waals surface area contributed by atoms with Gasteiger partial charge in [-0.05, 0) is 43.2 Å². The second-order valence-electron chi connectivity index (χ2n) is 6.53. The minimum atomic E-state index is -4.32. The molecule has 0 aromatic heterocycles. The lowest BCUT2D eigenvalue weighted by atomic mass is 10.1. The van der Waals surface area contributed by atoms with Gasteiger partial charge in [-0.25, -0.2) is 17.9 Å². The molecular formula is C18H18N4O6S. The van der Waals surface area contributed by atoms with Crippen LogP contribution in [0, 0.1) is 24.0 Å². The van der Waals surface area contributed by atoms with Gasteiger partial charge in [0.2, 0.25) is 0 Å². The van der Waals surface area contributed by atoms with Crippen LogP contribution in [0.2, 0.25) is 0 Å². The van der Waals surface area contributed by atoms with E-state index in [0.29, 0.717) is 24.3 Å². The molecule has 0 radical (unpaired) electrons. The number of nitro groups is 1. The van der Waals surface area contributed by atoms with Gasteiger partial charge in [-0.1, -0.05) is 6.07 Å². The van der Waals surface area contributed by atoms with Crippen LogP contribution < -0.4 is 14.9 Å². The number of urea groups is 1. The van der Waals surface area contributed by atoms with E-state index in [1.54, 1.807) is 13.0 Å². The molecule has 1 aliphatic rings. The fourth-order valence-electron chi connectivity index (χ4n) is 3.03. The normalized spacial score (nSPS) is 13.9. The average Bonchev–Trinajstić information content (AvgIpc) is 3.07. The van der Waals surface area contributed by atoms with Gasteiger partial charge in [-0.15, -0.1) is 0 Å². The van der Waals surface area contributed by atoms with Gasteiger partial charge < -0.3 is 5.32 Å². The summed E-state index contributed by atoms with van der Waals surface area (Å²) in [5, 5.41) is 13.6. The number of nitrogens with zero attached hydrogens (tertiary/aromatic N) is 2. The highest BCUT2D eigenvalue weighted by Gasteiger charge is 2.25. The summed E-state index contributed by atoms with van der Waals surface area (Å²) in [5.74, 6) is -0.878. The maximum absolute atomic E-state index is 12.6. The summed E-state index contributed by atoms with van der Waals surface area (Å²) in [6, 6.07) is 7.62. The van der Waals surface area contributed by atoms with Gasteiger partial charge in [0.25, 0.3) is 21.6 Å². The van der Waals surface area contributed by atoms with Crippen molar-refractivity contribution in [2.45, 2.75) is 18.7 Å². The first-order valence-corrected chi connectivity index (χ1v) is 10.1. The molecule has 1 aliphatic heterocycles. The quantitative estimate of drug-likeness (QED) is 0.561. The molecule has 0 aliphatic carbocycles. The predicted octanol–water partition coefficient (Wildman–Crippen LogP) is 1.86. The Hall–Kier alpha value is -3.47. The van der Waals surface area contributed by atoms with Gasteiger partial charge >= 0.3 is 6.03 Å². The summed E-state index contributed by atoms with van der Waals surface area (Å²) >= 11 is 0. The van der Waals surface area contributed by atoms with Gasteiger partial charge in [0.15, 0.2) is 0 Å². The fraction of sp³-hybridized carbons (Fsp3) is 0.222. The second-order valence-corrected chi connectivity index (χ2v) is 8.18. The zero-order chi connectivity index (χ0) is 21.3. The van der Waals surface area contributed by atoms with Gasteiger partial charge in [-0.3, -0.25) is 19.8 Å². The van der Waals surface area contributed by atoms with Crippen molar-refractivity contribution in [2.75, 3.05) is 18.0 Å². The molecule has 2 N–H and O–H groups in total. The van der Waals surface area contributed by atoms with E-state index in [9.17, 15) is 28.1 Å². The van der Waals surface area contributed by atoms with Crippen molar-refractivity contribution in [1.29, 1.82) is 0 Å². The van der Waals surface area contributed by atoms with Crippen LogP contribution in [0.1, 0.15) is 21.5 Å². The van der Waals surface area contributed by atoms with Gasteiger partial charge in [-0.2, -0.15) is 0 Å². The Morgan fingerprint density at radius 3 is 2.48 bits per heavy atom. The Kier molecular flexibility index (Phi) is 5.25. The van der Waals surface area contributed by atoms with E-state index in [-0.39, 0.29) is 22.1 Å². The maximum Gasteiger partial charge on any atom is 0.322 e. The number of sulfonamides is 1. The molecule has 3 rings (SSSR count). The van der Waals surface area contributed by atoms with E-state index < -0.39 is 26.5 Å². The molecule has 0 atom stereocenters. The first-order chi connectivity index (χ1) is 13.6. The molecule has 0 bridgehead atoms. The molecule has 2 aromatic carbocycles. The van der Waals surface area contributed by atoms with Crippen LogP contribution in [-0.2, 0) is 10.0 Å². The fourth-order valence-corrected chi connectivity index (χ4v) is 4.27. The van der Waals surface area contributed by atoms with Gasteiger partial charge in [0.05, 0.1) is 9.82 Å². The van der Waals surface area contributed by atoms with Crippen LogP contribution in [0.3, 0.4) is 0 Å². The molecule has 2 aromatic rings. The van der Waals surface area contributed by atoms with E-state index in [4.69, 9.17) is 0 Å². The summed E-state index contributed by atoms with van der Waals surface area (Å²) in [6.07, 6.45) is 0. The summed E-state index contributed by atoms with van der Waals surface area (Å²) in [5.41, 5.74) is 1.19. The summed E-state index contributed by atoms with van der Waals surface area (Å²) in [4.78, 5) is 35.7. The predicted molar refractivity (Wildman–Crippen MR) is 104 cm³/mol. The molecule has 1 heterocycles. The molecule has 0 unspecified atom stereocenters. The van der Waals surface area contributed by atoms with E-state index in [2.05, 4.69) is 5.32 Å². The molecular weight excluding hydrogens is 400 g/mol. The van der Waals surface area contributed by atoms with Crippen molar-refractivity contribution >= 4 is 33.3 Å². The van der Waals surface area contributed by atoms with Crippen molar-refractivity contribution in [3.63, 3.8) is 0 Å². The number of rotatable bonds is 5. The van der Waals surface area contributed by atoms with Crippen LogP contribution in [-0.4, -0.2) is 38.4 Å². The van der Waals surface area contributed by atoms with Crippen molar-refractivity contribution < 1.29 is 22.9 Å². The Morgan fingerprint density at radius 2 is 1.90 bits per heavy atom.